The molecule has 5 nitrogen and oxygen atoms in total. The van der Waals surface area contributed by atoms with Crippen LogP contribution in [0.25, 0.3) is 10.9 Å². The highest BCUT2D eigenvalue weighted by Crippen LogP contribution is 2.16. The molecule has 1 aromatic carbocycles. The number of hydrogen-bond acceptors (Lipinski definition) is 4. The summed E-state index contributed by atoms with van der Waals surface area (Å²) in [6, 6.07) is 5.54. The number of rotatable bonds is 2. The van der Waals surface area contributed by atoms with Crippen LogP contribution in [0.3, 0.4) is 0 Å². The van der Waals surface area contributed by atoms with Gasteiger partial charge in [-0.2, -0.15) is 0 Å². The first-order valence-corrected chi connectivity index (χ1v) is 6.59. The fourth-order valence-corrected chi connectivity index (χ4v) is 2.57. The Kier molecular flexibility index (Phi) is 4.42. The Balaban J connectivity index is 0.00000147. The molecule has 20 heavy (non-hydrogen) atoms. The van der Waals surface area contributed by atoms with E-state index in [2.05, 4.69) is 17.2 Å². The van der Waals surface area contributed by atoms with Crippen LogP contribution < -0.4 is 10.9 Å². The van der Waals surface area contributed by atoms with Crippen molar-refractivity contribution in [3.63, 3.8) is 0 Å². The van der Waals surface area contributed by atoms with Gasteiger partial charge in [-0.3, -0.25) is 9.36 Å². The molecule has 2 aromatic rings. The predicted octanol–water partition coefficient (Wildman–Crippen LogP) is 0.886. The van der Waals surface area contributed by atoms with Crippen LogP contribution in [0.15, 0.2) is 29.3 Å². The summed E-state index contributed by atoms with van der Waals surface area (Å²) in [5.41, 5.74) is 1.75. The summed E-state index contributed by atoms with van der Waals surface area (Å²) in [6.07, 6.45) is 1.89. The highest BCUT2D eigenvalue weighted by atomic mass is 35.5. The first-order chi connectivity index (χ1) is 9.20. The fourth-order valence-electron chi connectivity index (χ4n) is 2.57. The van der Waals surface area contributed by atoms with Crippen LogP contribution in [0.5, 0.6) is 0 Å². The van der Waals surface area contributed by atoms with Crippen molar-refractivity contribution in [3.05, 3.63) is 40.4 Å². The van der Waals surface area contributed by atoms with Gasteiger partial charge in [0.2, 0.25) is 0 Å². The maximum absolute atomic E-state index is 12.5. The molecule has 108 valence electrons. The molecule has 0 bridgehead atoms. The third-order valence-electron chi connectivity index (χ3n) is 3.76. The standard InChI is InChI=1S/C14H17N3O2.ClH/c1-2-9-3-4-11-10(5-9)14(19)17(8-16-11)12-6-15-7-13(12)18;/h3-5,8,12-13,15,18H,2,6-7H2,1H3;1H/t12-,13-;/m1./s1. The summed E-state index contributed by atoms with van der Waals surface area (Å²) in [5, 5.41) is 13.6. The molecule has 1 aliphatic heterocycles. The van der Waals surface area contributed by atoms with E-state index in [-0.39, 0.29) is 24.0 Å². The molecule has 0 radical (unpaired) electrons. The molecule has 0 aliphatic carbocycles. The van der Waals surface area contributed by atoms with Crippen LogP contribution in [-0.4, -0.2) is 33.9 Å². The van der Waals surface area contributed by atoms with E-state index in [9.17, 15) is 9.90 Å². The van der Waals surface area contributed by atoms with Gasteiger partial charge in [-0.1, -0.05) is 13.0 Å². The van der Waals surface area contributed by atoms with Gasteiger partial charge in [0, 0.05) is 13.1 Å². The number of nitrogens with one attached hydrogen (secondary N) is 1. The van der Waals surface area contributed by atoms with Gasteiger partial charge in [-0.05, 0) is 24.1 Å². The van der Waals surface area contributed by atoms with E-state index >= 15 is 0 Å². The molecule has 2 N–H and O–H groups in total. The van der Waals surface area contributed by atoms with Gasteiger partial charge in [-0.15, -0.1) is 12.4 Å². The van der Waals surface area contributed by atoms with Crippen LogP contribution >= 0.6 is 12.4 Å². The van der Waals surface area contributed by atoms with Crippen LogP contribution in [0, 0.1) is 0 Å². The Hall–Kier alpha value is -1.43. The second kappa shape index (κ2) is 5.91. The number of nitrogens with zero attached hydrogens (tertiary/aromatic N) is 2. The summed E-state index contributed by atoms with van der Waals surface area (Å²) in [5.74, 6) is 0. The number of aliphatic hydroxyl groups is 1. The lowest BCUT2D eigenvalue weighted by Gasteiger charge is -2.16. The Morgan fingerprint density at radius 3 is 2.90 bits per heavy atom. The first kappa shape index (κ1) is 15.0. The third-order valence-corrected chi connectivity index (χ3v) is 3.76. The van der Waals surface area contributed by atoms with Gasteiger partial charge in [0.05, 0.1) is 29.4 Å². The van der Waals surface area contributed by atoms with Crippen molar-refractivity contribution in [2.75, 3.05) is 13.1 Å². The molecule has 1 fully saturated rings. The molecule has 1 saturated heterocycles. The SMILES string of the molecule is CCc1ccc2ncn([C@@H]3CNC[C@H]3O)c(=O)c2c1.Cl. The Labute approximate surface area is 123 Å². The topological polar surface area (TPSA) is 67.2 Å². The minimum atomic E-state index is -0.536. The molecule has 0 saturated carbocycles. The summed E-state index contributed by atoms with van der Waals surface area (Å²) >= 11 is 0. The van der Waals surface area contributed by atoms with Crippen molar-refractivity contribution in [2.24, 2.45) is 0 Å². The van der Waals surface area contributed by atoms with E-state index in [1.165, 1.54) is 6.33 Å². The molecule has 0 amide bonds. The number of hydrogen-bond donors (Lipinski definition) is 2. The summed E-state index contributed by atoms with van der Waals surface area (Å²) in [4.78, 5) is 16.8. The van der Waals surface area contributed by atoms with Gasteiger partial charge >= 0.3 is 0 Å². The van der Waals surface area contributed by atoms with Gasteiger partial charge in [0.25, 0.3) is 5.56 Å². The van der Waals surface area contributed by atoms with Crippen molar-refractivity contribution in [3.8, 4) is 0 Å². The lowest BCUT2D eigenvalue weighted by atomic mass is 10.1. The zero-order chi connectivity index (χ0) is 13.4. The fraction of sp³-hybridized carbons (Fsp3) is 0.429. The molecule has 1 aromatic heterocycles. The quantitative estimate of drug-likeness (QED) is 0.863. The first-order valence-electron chi connectivity index (χ1n) is 6.59. The molecule has 2 heterocycles. The number of halogens is 1. The van der Waals surface area contributed by atoms with Crippen molar-refractivity contribution in [1.29, 1.82) is 0 Å². The van der Waals surface area contributed by atoms with Gasteiger partial charge in [0.1, 0.15) is 0 Å². The summed E-state index contributed by atoms with van der Waals surface area (Å²) < 4.78 is 1.55. The molecular formula is C14H18ClN3O2. The summed E-state index contributed by atoms with van der Waals surface area (Å²) in [6.45, 7) is 3.17. The van der Waals surface area contributed by atoms with E-state index in [1.54, 1.807) is 4.57 Å². The van der Waals surface area contributed by atoms with Gasteiger partial charge < -0.3 is 10.4 Å². The zero-order valence-electron chi connectivity index (χ0n) is 11.2. The average Bonchev–Trinajstić information content (AvgIpc) is 2.85. The lowest BCUT2D eigenvalue weighted by Crippen LogP contribution is -2.31. The Morgan fingerprint density at radius 1 is 1.45 bits per heavy atom. The number of aromatic nitrogens is 2. The van der Waals surface area contributed by atoms with Crippen LogP contribution in [0.2, 0.25) is 0 Å². The van der Waals surface area contributed by atoms with Crippen LogP contribution in [0.1, 0.15) is 18.5 Å². The maximum atomic E-state index is 12.5. The normalized spacial score (nSPS) is 21.9. The van der Waals surface area contributed by atoms with Crippen LogP contribution in [-0.2, 0) is 6.42 Å². The third kappa shape index (κ3) is 2.44. The molecular weight excluding hydrogens is 278 g/mol. The highest BCUT2D eigenvalue weighted by Gasteiger charge is 2.27. The highest BCUT2D eigenvalue weighted by molar-refractivity contribution is 5.85. The smallest absolute Gasteiger partial charge is 0.261 e. The number of benzene rings is 1. The van der Waals surface area contributed by atoms with E-state index < -0.39 is 6.10 Å². The largest absolute Gasteiger partial charge is 0.390 e. The van der Waals surface area contributed by atoms with Gasteiger partial charge in [-0.25, -0.2) is 4.98 Å². The van der Waals surface area contributed by atoms with Crippen molar-refractivity contribution in [2.45, 2.75) is 25.5 Å². The van der Waals surface area contributed by atoms with Crippen LogP contribution in [0.4, 0.5) is 0 Å². The average molecular weight is 296 g/mol. The Bertz CT molecular complexity index is 671. The Morgan fingerprint density at radius 2 is 2.25 bits per heavy atom. The molecule has 6 heteroatoms. The van der Waals surface area contributed by atoms with Gasteiger partial charge in [0.15, 0.2) is 0 Å². The molecule has 2 atom stereocenters. The summed E-state index contributed by atoms with van der Waals surface area (Å²) in [7, 11) is 0. The molecule has 3 rings (SSSR count). The zero-order valence-corrected chi connectivity index (χ0v) is 12.1. The van der Waals surface area contributed by atoms with Crippen molar-refractivity contribution >= 4 is 23.3 Å². The lowest BCUT2D eigenvalue weighted by molar-refractivity contribution is 0.149. The van der Waals surface area contributed by atoms with Crippen molar-refractivity contribution in [1.82, 2.24) is 14.9 Å². The molecule has 0 spiro atoms. The monoisotopic (exact) mass is 295 g/mol. The number of aryl methyl sites for hydroxylation is 1. The van der Waals surface area contributed by atoms with E-state index in [0.29, 0.717) is 24.0 Å². The minimum Gasteiger partial charge on any atom is -0.390 e. The minimum absolute atomic E-state index is 0. The predicted molar refractivity (Wildman–Crippen MR) is 80.5 cm³/mol. The second-order valence-electron chi connectivity index (χ2n) is 4.95. The van der Waals surface area contributed by atoms with E-state index in [0.717, 1.165) is 12.0 Å². The molecule has 0 unspecified atom stereocenters. The number of aliphatic hydroxyl groups excluding tert-OH is 1. The van der Waals surface area contributed by atoms with Crippen molar-refractivity contribution < 1.29 is 5.11 Å². The molecule has 1 aliphatic rings. The van der Waals surface area contributed by atoms with E-state index in [4.69, 9.17) is 0 Å². The number of fused-ring (bicyclic) bond motifs is 1. The van der Waals surface area contributed by atoms with E-state index in [1.807, 2.05) is 18.2 Å². The second-order valence-corrected chi connectivity index (χ2v) is 4.95. The number of β-amino-alcohol motifs (C(OH)–C–C–N with tert-alkyl or cyclic N) is 1. The maximum Gasteiger partial charge on any atom is 0.261 e.